The van der Waals surface area contributed by atoms with E-state index in [-0.39, 0.29) is 0 Å². The molecule has 2 nitrogen and oxygen atoms in total. The van der Waals surface area contributed by atoms with Crippen LogP contribution in [-0.2, 0) is 6.54 Å². The third-order valence-electron chi connectivity index (χ3n) is 3.72. The molecule has 0 aliphatic heterocycles. The SMILES string of the molecule is CC(C)C(C)CNCc1ccc(Br)c2cccnc12. The zero-order chi connectivity index (χ0) is 13.8. The van der Waals surface area contributed by atoms with Gasteiger partial charge in [0.15, 0.2) is 0 Å². The van der Waals surface area contributed by atoms with Gasteiger partial charge in [-0.25, -0.2) is 0 Å². The Balaban J connectivity index is 2.11. The smallest absolute Gasteiger partial charge is 0.0758 e. The average molecular weight is 321 g/mol. The molecule has 1 aromatic heterocycles. The summed E-state index contributed by atoms with van der Waals surface area (Å²) in [6.45, 7) is 8.74. The summed E-state index contributed by atoms with van der Waals surface area (Å²) in [6.07, 6.45) is 1.86. The Bertz CT molecular complexity index is 551. The molecule has 19 heavy (non-hydrogen) atoms. The van der Waals surface area contributed by atoms with Crippen LogP contribution in [0.1, 0.15) is 26.3 Å². The monoisotopic (exact) mass is 320 g/mol. The summed E-state index contributed by atoms with van der Waals surface area (Å²) in [6, 6.07) is 8.33. The lowest BCUT2D eigenvalue weighted by Gasteiger charge is -2.16. The normalized spacial score (nSPS) is 13.1. The number of aromatic nitrogens is 1. The lowest BCUT2D eigenvalue weighted by atomic mass is 9.98. The summed E-state index contributed by atoms with van der Waals surface area (Å²) in [4.78, 5) is 4.50. The van der Waals surface area contributed by atoms with Crippen molar-refractivity contribution in [1.82, 2.24) is 10.3 Å². The van der Waals surface area contributed by atoms with Crippen molar-refractivity contribution >= 4 is 26.8 Å². The summed E-state index contributed by atoms with van der Waals surface area (Å²) in [5.41, 5.74) is 2.34. The van der Waals surface area contributed by atoms with E-state index in [0.29, 0.717) is 11.8 Å². The van der Waals surface area contributed by atoms with Crippen LogP contribution in [0.2, 0.25) is 0 Å². The molecule has 0 radical (unpaired) electrons. The molecule has 1 N–H and O–H groups in total. The van der Waals surface area contributed by atoms with Crippen molar-refractivity contribution in [2.24, 2.45) is 11.8 Å². The zero-order valence-corrected chi connectivity index (χ0v) is 13.4. The largest absolute Gasteiger partial charge is 0.312 e. The lowest BCUT2D eigenvalue weighted by molar-refractivity contribution is 0.393. The highest BCUT2D eigenvalue weighted by atomic mass is 79.9. The minimum atomic E-state index is 0.690. The second-order valence-electron chi connectivity index (χ2n) is 5.46. The highest BCUT2D eigenvalue weighted by Crippen LogP contribution is 2.25. The first-order valence-electron chi connectivity index (χ1n) is 6.82. The number of pyridine rings is 1. The van der Waals surface area contributed by atoms with E-state index in [4.69, 9.17) is 0 Å². The first-order valence-corrected chi connectivity index (χ1v) is 7.61. The Labute approximate surface area is 123 Å². The number of halogens is 1. The fourth-order valence-corrected chi connectivity index (χ4v) is 2.46. The molecule has 0 spiro atoms. The van der Waals surface area contributed by atoms with Gasteiger partial charge in [-0.15, -0.1) is 0 Å². The minimum absolute atomic E-state index is 0.690. The quantitative estimate of drug-likeness (QED) is 0.884. The van der Waals surface area contributed by atoms with E-state index in [1.807, 2.05) is 12.3 Å². The molecule has 0 bridgehead atoms. The van der Waals surface area contributed by atoms with Crippen LogP contribution in [0.5, 0.6) is 0 Å². The van der Waals surface area contributed by atoms with Crippen molar-refractivity contribution < 1.29 is 0 Å². The van der Waals surface area contributed by atoms with Crippen LogP contribution in [0.4, 0.5) is 0 Å². The number of fused-ring (bicyclic) bond motifs is 1. The molecule has 2 aromatic rings. The first kappa shape index (κ1) is 14.5. The van der Waals surface area contributed by atoms with Crippen molar-refractivity contribution in [2.45, 2.75) is 27.3 Å². The van der Waals surface area contributed by atoms with Gasteiger partial charge in [-0.1, -0.05) is 48.8 Å². The minimum Gasteiger partial charge on any atom is -0.312 e. The van der Waals surface area contributed by atoms with Crippen molar-refractivity contribution in [3.63, 3.8) is 0 Å². The van der Waals surface area contributed by atoms with Gasteiger partial charge >= 0.3 is 0 Å². The molecular weight excluding hydrogens is 300 g/mol. The van der Waals surface area contributed by atoms with Gasteiger partial charge in [0.25, 0.3) is 0 Å². The third-order valence-corrected chi connectivity index (χ3v) is 4.41. The Kier molecular flexibility index (Phi) is 4.94. The van der Waals surface area contributed by atoms with Gasteiger partial charge in [-0.05, 0) is 36.1 Å². The second kappa shape index (κ2) is 6.49. The molecule has 0 fully saturated rings. The van der Waals surface area contributed by atoms with Crippen LogP contribution in [0.25, 0.3) is 10.9 Å². The van der Waals surface area contributed by atoms with E-state index in [9.17, 15) is 0 Å². The fraction of sp³-hybridized carbons (Fsp3) is 0.438. The predicted octanol–water partition coefficient (Wildman–Crippen LogP) is 4.38. The van der Waals surface area contributed by atoms with Crippen LogP contribution in [0, 0.1) is 11.8 Å². The average Bonchev–Trinajstić information content (AvgIpc) is 2.41. The first-order chi connectivity index (χ1) is 9.09. The zero-order valence-electron chi connectivity index (χ0n) is 11.8. The number of rotatable bonds is 5. The van der Waals surface area contributed by atoms with E-state index in [0.717, 1.165) is 23.1 Å². The van der Waals surface area contributed by atoms with E-state index in [1.54, 1.807) is 0 Å². The van der Waals surface area contributed by atoms with Crippen molar-refractivity contribution in [3.05, 3.63) is 40.5 Å². The van der Waals surface area contributed by atoms with Crippen molar-refractivity contribution in [2.75, 3.05) is 6.54 Å². The predicted molar refractivity (Wildman–Crippen MR) is 85.2 cm³/mol. The molecule has 1 unspecified atom stereocenters. The Morgan fingerprint density at radius 1 is 1.21 bits per heavy atom. The van der Waals surface area contributed by atoms with Crippen molar-refractivity contribution in [3.8, 4) is 0 Å². The lowest BCUT2D eigenvalue weighted by Crippen LogP contribution is -2.23. The summed E-state index contributed by atoms with van der Waals surface area (Å²) in [5, 5.41) is 4.72. The Morgan fingerprint density at radius 3 is 2.74 bits per heavy atom. The van der Waals surface area contributed by atoms with E-state index < -0.39 is 0 Å². The molecule has 0 saturated heterocycles. The maximum atomic E-state index is 4.50. The third kappa shape index (κ3) is 3.54. The summed E-state index contributed by atoms with van der Waals surface area (Å²) in [7, 11) is 0. The summed E-state index contributed by atoms with van der Waals surface area (Å²) in [5.74, 6) is 1.40. The second-order valence-corrected chi connectivity index (χ2v) is 6.31. The van der Waals surface area contributed by atoms with Gasteiger partial charge in [0, 0.05) is 22.6 Å². The highest BCUT2D eigenvalue weighted by Gasteiger charge is 2.08. The van der Waals surface area contributed by atoms with Crippen LogP contribution in [0.3, 0.4) is 0 Å². The number of hydrogen-bond acceptors (Lipinski definition) is 2. The number of nitrogens with zero attached hydrogens (tertiary/aromatic N) is 1. The Morgan fingerprint density at radius 2 is 2.00 bits per heavy atom. The standard InChI is InChI=1S/C16H21BrN2/c1-11(2)12(3)9-18-10-13-6-7-15(17)14-5-4-8-19-16(13)14/h4-8,11-12,18H,9-10H2,1-3H3. The molecule has 0 saturated carbocycles. The van der Waals surface area contributed by atoms with E-state index >= 15 is 0 Å². The molecule has 1 heterocycles. The molecular formula is C16H21BrN2. The van der Waals surface area contributed by atoms with Gasteiger partial charge in [0.05, 0.1) is 5.52 Å². The molecule has 0 amide bonds. The number of benzene rings is 1. The van der Waals surface area contributed by atoms with Crippen LogP contribution < -0.4 is 5.32 Å². The highest BCUT2D eigenvalue weighted by molar-refractivity contribution is 9.10. The van der Waals surface area contributed by atoms with Crippen LogP contribution in [0.15, 0.2) is 34.9 Å². The van der Waals surface area contributed by atoms with Crippen LogP contribution >= 0.6 is 15.9 Å². The molecule has 3 heteroatoms. The molecule has 0 aliphatic carbocycles. The van der Waals surface area contributed by atoms with E-state index in [2.05, 4.69) is 65.2 Å². The summed E-state index contributed by atoms with van der Waals surface area (Å²) < 4.78 is 1.11. The van der Waals surface area contributed by atoms with Gasteiger partial charge in [-0.3, -0.25) is 4.98 Å². The maximum absolute atomic E-state index is 4.50. The maximum Gasteiger partial charge on any atom is 0.0758 e. The number of hydrogen-bond donors (Lipinski definition) is 1. The molecule has 1 aromatic carbocycles. The van der Waals surface area contributed by atoms with Gasteiger partial charge < -0.3 is 5.32 Å². The topological polar surface area (TPSA) is 24.9 Å². The van der Waals surface area contributed by atoms with Crippen LogP contribution in [-0.4, -0.2) is 11.5 Å². The molecule has 0 aliphatic rings. The number of nitrogens with one attached hydrogen (secondary N) is 1. The Hall–Kier alpha value is -0.930. The fourth-order valence-electron chi connectivity index (χ4n) is 2.01. The summed E-state index contributed by atoms with van der Waals surface area (Å²) >= 11 is 3.58. The van der Waals surface area contributed by atoms with E-state index in [1.165, 1.54) is 10.9 Å². The van der Waals surface area contributed by atoms with Gasteiger partial charge in [0.1, 0.15) is 0 Å². The molecule has 102 valence electrons. The van der Waals surface area contributed by atoms with Gasteiger partial charge in [0.2, 0.25) is 0 Å². The van der Waals surface area contributed by atoms with Gasteiger partial charge in [-0.2, -0.15) is 0 Å². The molecule has 1 atom stereocenters. The van der Waals surface area contributed by atoms with Crippen molar-refractivity contribution in [1.29, 1.82) is 0 Å². The molecule has 2 rings (SSSR count).